The fourth-order valence-corrected chi connectivity index (χ4v) is 3.97. The van der Waals surface area contributed by atoms with Crippen molar-refractivity contribution in [1.29, 1.82) is 0 Å². The van der Waals surface area contributed by atoms with Crippen molar-refractivity contribution in [1.82, 2.24) is 5.43 Å². The number of aliphatic hydroxyl groups is 1. The van der Waals surface area contributed by atoms with Crippen LogP contribution in [-0.2, 0) is 10.4 Å². The molecule has 0 unspecified atom stereocenters. The molecule has 0 fully saturated rings. The van der Waals surface area contributed by atoms with Gasteiger partial charge >= 0.3 is 0 Å². The third kappa shape index (κ3) is 4.16. The van der Waals surface area contributed by atoms with Crippen LogP contribution < -0.4 is 5.43 Å². The average Bonchev–Trinajstić information content (AvgIpc) is 2.72. The molecule has 7 heteroatoms. The second kappa shape index (κ2) is 8.68. The smallest absolute Gasteiger partial charge is 0.281 e. The Bertz CT molecular complexity index is 969. The maximum atomic E-state index is 12.9. The van der Waals surface area contributed by atoms with Gasteiger partial charge in [-0.15, -0.1) is 0 Å². The summed E-state index contributed by atoms with van der Waals surface area (Å²) in [7, 11) is 0. The lowest BCUT2D eigenvalue weighted by Gasteiger charge is -2.27. The van der Waals surface area contributed by atoms with Crippen molar-refractivity contribution in [2.45, 2.75) is 5.60 Å². The van der Waals surface area contributed by atoms with Crippen LogP contribution in [0.2, 0.25) is 0 Å². The Labute approximate surface area is 179 Å². The van der Waals surface area contributed by atoms with Crippen molar-refractivity contribution >= 4 is 44.0 Å². The van der Waals surface area contributed by atoms with Gasteiger partial charge in [0.25, 0.3) is 5.91 Å². The predicted octanol–water partition coefficient (Wildman–Crippen LogP) is 4.30. The van der Waals surface area contributed by atoms with Crippen LogP contribution >= 0.6 is 31.9 Å². The van der Waals surface area contributed by atoms with Crippen LogP contribution in [0.3, 0.4) is 0 Å². The molecule has 142 valence electrons. The van der Waals surface area contributed by atoms with Crippen molar-refractivity contribution in [3.8, 4) is 5.75 Å². The van der Waals surface area contributed by atoms with Gasteiger partial charge in [0.2, 0.25) is 0 Å². The molecule has 0 radical (unpaired) electrons. The van der Waals surface area contributed by atoms with E-state index < -0.39 is 11.5 Å². The van der Waals surface area contributed by atoms with E-state index in [0.717, 1.165) is 4.47 Å². The van der Waals surface area contributed by atoms with E-state index in [9.17, 15) is 15.0 Å². The number of nitrogens with zero attached hydrogens (tertiary/aromatic N) is 1. The van der Waals surface area contributed by atoms with Gasteiger partial charge in [0.1, 0.15) is 5.75 Å². The summed E-state index contributed by atoms with van der Waals surface area (Å²) >= 11 is 6.57. The first kappa shape index (κ1) is 20.3. The molecule has 0 saturated carbocycles. The lowest BCUT2D eigenvalue weighted by molar-refractivity contribution is -0.136. The first-order valence-electron chi connectivity index (χ1n) is 8.28. The molecule has 3 N–H and O–H groups in total. The van der Waals surface area contributed by atoms with Crippen molar-refractivity contribution in [2.24, 2.45) is 5.10 Å². The highest BCUT2D eigenvalue weighted by Crippen LogP contribution is 2.31. The Hall–Kier alpha value is -2.48. The van der Waals surface area contributed by atoms with E-state index in [2.05, 4.69) is 42.4 Å². The summed E-state index contributed by atoms with van der Waals surface area (Å²) in [4.78, 5) is 12.9. The molecular formula is C21H16Br2N2O3. The number of phenols is 1. The lowest BCUT2D eigenvalue weighted by atomic mass is 9.85. The number of rotatable bonds is 5. The predicted molar refractivity (Wildman–Crippen MR) is 115 cm³/mol. The van der Waals surface area contributed by atoms with Gasteiger partial charge in [-0.1, -0.05) is 76.6 Å². The Morgan fingerprint density at radius 2 is 1.50 bits per heavy atom. The fraction of sp³-hybridized carbons (Fsp3) is 0.0476. The number of nitrogens with one attached hydrogen (secondary N) is 1. The quantitative estimate of drug-likeness (QED) is 0.358. The highest BCUT2D eigenvalue weighted by atomic mass is 79.9. The number of hydrazone groups is 1. The van der Waals surface area contributed by atoms with Gasteiger partial charge in [0, 0.05) is 10.0 Å². The van der Waals surface area contributed by atoms with E-state index in [1.165, 1.54) is 6.21 Å². The standard InChI is InChI=1S/C21H16Br2N2O3/c22-17-11-14(19(26)18(23)12-17)13-24-25-20(27)21(28,15-7-3-1-4-8-15)16-9-5-2-6-10-16/h1-13,26,28H,(H,25,27)/b24-13-. The summed E-state index contributed by atoms with van der Waals surface area (Å²) in [6.07, 6.45) is 1.30. The summed E-state index contributed by atoms with van der Waals surface area (Å²) in [6, 6.07) is 20.6. The molecule has 5 nitrogen and oxygen atoms in total. The normalized spacial score (nSPS) is 11.5. The highest BCUT2D eigenvalue weighted by molar-refractivity contribution is 9.11. The molecule has 0 heterocycles. The maximum absolute atomic E-state index is 12.9. The molecule has 28 heavy (non-hydrogen) atoms. The molecule has 1 amide bonds. The monoisotopic (exact) mass is 502 g/mol. The molecule has 3 rings (SSSR count). The third-order valence-corrected chi connectivity index (χ3v) is 5.20. The molecular weight excluding hydrogens is 488 g/mol. The van der Waals surface area contributed by atoms with Gasteiger partial charge in [-0.3, -0.25) is 4.79 Å². The molecule has 0 aromatic heterocycles. The number of phenolic OH excluding ortho intramolecular Hbond substituents is 1. The lowest BCUT2D eigenvalue weighted by Crippen LogP contribution is -2.43. The fourth-order valence-electron chi connectivity index (χ4n) is 2.71. The number of halogens is 2. The summed E-state index contributed by atoms with van der Waals surface area (Å²) in [5.74, 6) is -0.725. The number of carbonyl (C=O) groups excluding carboxylic acids is 1. The zero-order valence-electron chi connectivity index (χ0n) is 14.5. The first-order valence-corrected chi connectivity index (χ1v) is 9.86. The van der Waals surface area contributed by atoms with Crippen LogP contribution in [0.4, 0.5) is 0 Å². The van der Waals surface area contributed by atoms with Crippen LogP contribution in [0.15, 0.2) is 86.8 Å². The van der Waals surface area contributed by atoms with Crippen molar-refractivity contribution in [2.75, 3.05) is 0 Å². The minimum atomic E-state index is -1.92. The van der Waals surface area contributed by atoms with Gasteiger partial charge < -0.3 is 10.2 Å². The molecule has 0 saturated heterocycles. The number of benzene rings is 3. The van der Waals surface area contributed by atoms with Crippen LogP contribution in [0.1, 0.15) is 16.7 Å². The summed E-state index contributed by atoms with van der Waals surface area (Å²) in [5.41, 5.74) is 1.69. The van der Waals surface area contributed by atoms with E-state index in [4.69, 9.17) is 0 Å². The van der Waals surface area contributed by atoms with E-state index in [1.807, 2.05) is 0 Å². The van der Waals surface area contributed by atoms with E-state index in [1.54, 1.807) is 72.8 Å². The number of amides is 1. The van der Waals surface area contributed by atoms with E-state index >= 15 is 0 Å². The van der Waals surface area contributed by atoms with Crippen LogP contribution in [0.25, 0.3) is 0 Å². The summed E-state index contributed by atoms with van der Waals surface area (Å²) in [6.45, 7) is 0. The van der Waals surface area contributed by atoms with E-state index in [0.29, 0.717) is 21.2 Å². The van der Waals surface area contributed by atoms with Gasteiger partial charge in [0.05, 0.1) is 10.7 Å². The average molecular weight is 504 g/mol. The SMILES string of the molecule is O=C(N/N=C\c1cc(Br)cc(Br)c1O)C(O)(c1ccccc1)c1ccccc1. The highest BCUT2D eigenvalue weighted by Gasteiger charge is 2.39. The van der Waals surface area contributed by atoms with Gasteiger partial charge in [-0.2, -0.15) is 5.10 Å². The van der Waals surface area contributed by atoms with Gasteiger partial charge in [-0.25, -0.2) is 5.43 Å². The zero-order valence-corrected chi connectivity index (χ0v) is 17.7. The Kier molecular flexibility index (Phi) is 6.28. The molecule has 0 aliphatic heterocycles. The molecule has 3 aromatic carbocycles. The first-order chi connectivity index (χ1) is 13.4. The number of hydrogen-bond donors (Lipinski definition) is 3. The third-order valence-electron chi connectivity index (χ3n) is 4.14. The minimum Gasteiger partial charge on any atom is -0.506 e. The summed E-state index contributed by atoms with van der Waals surface area (Å²) < 4.78 is 1.22. The van der Waals surface area contributed by atoms with Crippen molar-refractivity contribution < 1.29 is 15.0 Å². The van der Waals surface area contributed by atoms with Crippen molar-refractivity contribution in [3.05, 3.63) is 98.4 Å². The molecule has 3 aromatic rings. The summed E-state index contributed by atoms with van der Waals surface area (Å²) in [5, 5.41) is 25.3. The van der Waals surface area contributed by atoms with Crippen molar-refractivity contribution in [3.63, 3.8) is 0 Å². The number of aromatic hydroxyl groups is 1. The van der Waals surface area contributed by atoms with Crippen LogP contribution in [-0.4, -0.2) is 22.3 Å². The molecule has 0 aliphatic carbocycles. The second-order valence-electron chi connectivity index (χ2n) is 5.97. The molecule has 0 bridgehead atoms. The minimum absolute atomic E-state index is 0.0115. The van der Waals surface area contributed by atoms with Crippen LogP contribution in [0, 0.1) is 0 Å². The van der Waals surface area contributed by atoms with Crippen LogP contribution in [0.5, 0.6) is 5.75 Å². The molecule has 0 aliphatic rings. The van der Waals surface area contributed by atoms with E-state index in [-0.39, 0.29) is 5.75 Å². The number of hydrogen-bond acceptors (Lipinski definition) is 4. The Morgan fingerprint density at radius 3 is 2.04 bits per heavy atom. The maximum Gasteiger partial charge on any atom is 0.281 e. The van der Waals surface area contributed by atoms with Gasteiger partial charge in [0.15, 0.2) is 5.60 Å². The topological polar surface area (TPSA) is 81.9 Å². The zero-order chi connectivity index (χ0) is 20.1. The number of carbonyl (C=O) groups is 1. The second-order valence-corrected chi connectivity index (χ2v) is 7.74. The Morgan fingerprint density at radius 1 is 0.964 bits per heavy atom. The molecule has 0 spiro atoms. The largest absolute Gasteiger partial charge is 0.506 e. The Balaban J connectivity index is 1.91. The van der Waals surface area contributed by atoms with Gasteiger partial charge in [-0.05, 0) is 39.2 Å². The molecule has 0 atom stereocenters.